The second-order valence-corrected chi connectivity index (χ2v) is 10.0. The number of amides is 1. The summed E-state index contributed by atoms with van der Waals surface area (Å²) in [7, 11) is -3.63. The van der Waals surface area contributed by atoms with Crippen LogP contribution in [0.5, 0.6) is 0 Å². The second kappa shape index (κ2) is 8.45. The Labute approximate surface area is 177 Å². The van der Waals surface area contributed by atoms with E-state index >= 15 is 0 Å². The summed E-state index contributed by atoms with van der Waals surface area (Å²) >= 11 is 6.10. The van der Waals surface area contributed by atoms with Crippen molar-refractivity contribution >= 4 is 33.2 Å². The summed E-state index contributed by atoms with van der Waals surface area (Å²) in [5.41, 5.74) is 2.39. The number of carbonyl (C=O) groups is 1. The van der Waals surface area contributed by atoms with Crippen LogP contribution in [0, 0.1) is 26.7 Å². The van der Waals surface area contributed by atoms with Gasteiger partial charge in [0.25, 0.3) is 0 Å². The molecule has 158 valence electrons. The highest BCUT2D eigenvalue weighted by molar-refractivity contribution is 7.89. The normalized spacial score (nSPS) is 16.2. The maximum absolute atomic E-state index is 13.2. The number of nitrogens with zero attached hydrogens (tertiary/aromatic N) is 3. The maximum atomic E-state index is 13.2. The third kappa shape index (κ3) is 4.65. The van der Waals surface area contributed by atoms with Gasteiger partial charge in [0, 0.05) is 23.8 Å². The summed E-state index contributed by atoms with van der Waals surface area (Å²) in [4.78, 5) is 12.7. The highest BCUT2D eigenvalue weighted by Crippen LogP contribution is 2.27. The Hall–Kier alpha value is -1.90. The smallest absolute Gasteiger partial charge is 0.246 e. The van der Waals surface area contributed by atoms with Crippen LogP contribution < -0.4 is 5.32 Å². The lowest BCUT2D eigenvalue weighted by Gasteiger charge is -2.29. The van der Waals surface area contributed by atoms with E-state index in [9.17, 15) is 13.2 Å². The van der Waals surface area contributed by atoms with E-state index in [1.54, 1.807) is 26.0 Å². The van der Waals surface area contributed by atoms with Crippen molar-refractivity contribution in [1.82, 2.24) is 14.1 Å². The molecule has 0 atom stereocenters. The zero-order valence-electron chi connectivity index (χ0n) is 17.2. The summed E-state index contributed by atoms with van der Waals surface area (Å²) in [5.74, 6) is 0.233. The largest absolute Gasteiger partial charge is 0.324 e. The van der Waals surface area contributed by atoms with Gasteiger partial charge in [-0.15, -0.1) is 0 Å². The molecule has 1 aliphatic rings. The highest BCUT2D eigenvalue weighted by atomic mass is 35.5. The number of piperidine rings is 1. The predicted octanol–water partition coefficient (Wildman–Crippen LogP) is 3.52. The lowest BCUT2D eigenvalue weighted by Crippen LogP contribution is -2.38. The van der Waals surface area contributed by atoms with Gasteiger partial charge < -0.3 is 5.32 Å². The zero-order chi connectivity index (χ0) is 21.3. The van der Waals surface area contributed by atoms with Gasteiger partial charge in [-0.3, -0.25) is 9.48 Å². The van der Waals surface area contributed by atoms with Gasteiger partial charge in [0.1, 0.15) is 11.4 Å². The van der Waals surface area contributed by atoms with E-state index in [1.807, 2.05) is 13.0 Å². The molecule has 1 aromatic carbocycles. The maximum Gasteiger partial charge on any atom is 0.246 e. The molecule has 0 bridgehead atoms. The van der Waals surface area contributed by atoms with Gasteiger partial charge in [0.05, 0.1) is 11.4 Å². The molecule has 0 saturated carbocycles. The number of hydrogen-bond acceptors (Lipinski definition) is 4. The molecule has 3 rings (SSSR count). The van der Waals surface area contributed by atoms with Crippen molar-refractivity contribution in [3.05, 3.63) is 40.2 Å². The number of aromatic nitrogens is 2. The Bertz CT molecular complexity index is 1020. The van der Waals surface area contributed by atoms with E-state index in [1.165, 1.54) is 8.99 Å². The lowest BCUT2D eigenvalue weighted by atomic mass is 10.0. The third-order valence-electron chi connectivity index (χ3n) is 5.40. The third-order valence-corrected chi connectivity index (χ3v) is 7.96. The minimum absolute atomic E-state index is 0.0786. The van der Waals surface area contributed by atoms with Crippen molar-refractivity contribution < 1.29 is 13.2 Å². The van der Waals surface area contributed by atoms with Crippen molar-refractivity contribution in [2.75, 3.05) is 18.4 Å². The fourth-order valence-corrected chi connectivity index (χ4v) is 5.59. The molecular weight excluding hydrogens is 412 g/mol. The number of carbonyl (C=O) groups excluding carboxylic acids is 1. The van der Waals surface area contributed by atoms with Crippen LogP contribution in [0.25, 0.3) is 0 Å². The van der Waals surface area contributed by atoms with Crippen LogP contribution in [0.1, 0.15) is 36.7 Å². The van der Waals surface area contributed by atoms with Crippen LogP contribution in [-0.2, 0) is 21.4 Å². The molecule has 0 unspecified atom stereocenters. The number of benzene rings is 1. The lowest BCUT2D eigenvalue weighted by molar-refractivity contribution is -0.116. The predicted molar refractivity (Wildman–Crippen MR) is 114 cm³/mol. The van der Waals surface area contributed by atoms with Crippen LogP contribution in [0.15, 0.2) is 23.1 Å². The molecule has 1 fully saturated rings. The molecule has 2 aromatic rings. The first-order chi connectivity index (χ1) is 13.6. The molecular formula is C20H27ClN4O3S. The molecule has 1 aromatic heterocycles. The number of nitrogens with one attached hydrogen (secondary N) is 1. The molecule has 1 saturated heterocycles. The van der Waals surface area contributed by atoms with E-state index in [0.717, 1.165) is 18.4 Å². The Balaban J connectivity index is 1.78. The number of rotatable bonds is 5. The highest BCUT2D eigenvalue weighted by Gasteiger charge is 2.33. The van der Waals surface area contributed by atoms with E-state index in [2.05, 4.69) is 17.3 Å². The molecule has 1 amide bonds. The molecule has 1 aliphatic heterocycles. The van der Waals surface area contributed by atoms with Crippen LogP contribution in [-0.4, -0.2) is 41.5 Å². The Morgan fingerprint density at radius 2 is 1.90 bits per heavy atom. The fourth-order valence-electron chi connectivity index (χ4n) is 3.57. The number of aryl methyl sites for hydroxylation is 2. The average Bonchev–Trinajstić information content (AvgIpc) is 2.92. The minimum atomic E-state index is -3.63. The van der Waals surface area contributed by atoms with E-state index in [0.29, 0.717) is 41.1 Å². The average molecular weight is 439 g/mol. The Kier molecular flexibility index (Phi) is 6.36. The van der Waals surface area contributed by atoms with Gasteiger partial charge in [-0.1, -0.05) is 24.6 Å². The molecule has 7 nitrogen and oxygen atoms in total. The molecule has 0 aliphatic carbocycles. The van der Waals surface area contributed by atoms with Gasteiger partial charge in [0.2, 0.25) is 15.9 Å². The molecule has 9 heteroatoms. The Morgan fingerprint density at radius 1 is 1.24 bits per heavy atom. The summed E-state index contributed by atoms with van der Waals surface area (Å²) < 4.78 is 29.3. The molecule has 1 N–H and O–H groups in total. The van der Waals surface area contributed by atoms with Crippen molar-refractivity contribution in [3.63, 3.8) is 0 Å². The van der Waals surface area contributed by atoms with Gasteiger partial charge in [-0.2, -0.15) is 9.40 Å². The van der Waals surface area contributed by atoms with Crippen molar-refractivity contribution in [2.45, 2.75) is 52.0 Å². The second-order valence-electron chi connectivity index (χ2n) is 7.76. The summed E-state index contributed by atoms with van der Waals surface area (Å²) in [6.45, 7) is 8.33. The fraction of sp³-hybridized carbons (Fsp3) is 0.500. The minimum Gasteiger partial charge on any atom is -0.324 e. The first-order valence-corrected chi connectivity index (χ1v) is 11.5. The van der Waals surface area contributed by atoms with E-state index in [4.69, 9.17) is 11.6 Å². The molecule has 0 radical (unpaired) electrons. The summed E-state index contributed by atoms with van der Waals surface area (Å²) in [5, 5.41) is 7.67. The zero-order valence-corrected chi connectivity index (χ0v) is 18.8. The monoisotopic (exact) mass is 438 g/mol. The van der Waals surface area contributed by atoms with E-state index in [-0.39, 0.29) is 17.3 Å². The van der Waals surface area contributed by atoms with Crippen LogP contribution in [0.4, 0.5) is 5.69 Å². The van der Waals surface area contributed by atoms with Crippen molar-refractivity contribution in [3.8, 4) is 0 Å². The number of hydrogen-bond donors (Lipinski definition) is 1. The van der Waals surface area contributed by atoms with Crippen LogP contribution in [0.3, 0.4) is 0 Å². The Morgan fingerprint density at radius 3 is 2.52 bits per heavy atom. The van der Waals surface area contributed by atoms with Gasteiger partial charge in [-0.05, 0) is 57.2 Å². The standard InChI is InChI=1S/C20H27ClN4O3S/c1-13-7-9-24(10-8-13)29(27,28)20-15(3)23-25(16(20)4)12-19(26)22-17-6-5-14(2)18(21)11-17/h5-6,11,13H,7-10,12H2,1-4H3,(H,22,26). The SMILES string of the molecule is Cc1ccc(NC(=O)Cn2nc(C)c(S(=O)(=O)N3CCC(C)CC3)c2C)cc1Cl. The summed E-state index contributed by atoms with van der Waals surface area (Å²) in [6, 6.07) is 5.28. The number of anilines is 1. The first-order valence-electron chi connectivity index (χ1n) is 9.69. The van der Waals surface area contributed by atoms with Gasteiger partial charge >= 0.3 is 0 Å². The van der Waals surface area contributed by atoms with Crippen molar-refractivity contribution in [1.29, 1.82) is 0 Å². The van der Waals surface area contributed by atoms with Gasteiger partial charge in [-0.25, -0.2) is 8.42 Å². The van der Waals surface area contributed by atoms with Crippen molar-refractivity contribution in [2.24, 2.45) is 5.92 Å². The topological polar surface area (TPSA) is 84.3 Å². The van der Waals surface area contributed by atoms with Gasteiger partial charge in [0.15, 0.2) is 0 Å². The number of sulfonamides is 1. The van der Waals surface area contributed by atoms with E-state index < -0.39 is 10.0 Å². The van der Waals surface area contributed by atoms with Crippen LogP contribution >= 0.6 is 11.6 Å². The molecule has 0 spiro atoms. The molecule has 29 heavy (non-hydrogen) atoms. The first kappa shape index (κ1) is 21.8. The number of halogens is 1. The van der Waals surface area contributed by atoms with Crippen LogP contribution in [0.2, 0.25) is 5.02 Å². The quantitative estimate of drug-likeness (QED) is 0.773. The molecule has 2 heterocycles. The summed E-state index contributed by atoms with van der Waals surface area (Å²) in [6.07, 6.45) is 1.71.